The van der Waals surface area contributed by atoms with Crippen molar-refractivity contribution < 1.29 is 9.53 Å². The average Bonchev–Trinajstić information content (AvgIpc) is 2.54. The van der Waals surface area contributed by atoms with Crippen LogP contribution in [0.15, 0.2) is 48.8 Å². The SMILES string of the molecule is C#Cc1cccc(OCC2CN(C(=O)Nc3cccnc3)C2)c1. The van der Waals surface area contributed by atoms with Gasteiger partial charge in [-0.3, -0.25) is 4.98 Å². The molecule has 3 rings (SSSR count). The number of terminal acetylenes is 1. The van der Waals surface area contributed by atoms with Gasteiger partial charge in [-0.05, 0) is 30.3 Å². The Morgan fingerprint density at radius 3 is 3.00 bits per heavy atom. The maximum Gasteiger partial charge on any atom is 0.321 e. The molecule has 2 amide bonds. The average molecular weight is 307 g/mol. The second kappa shape index (κ2) is 6.84. The summed E-state index contributed by atoms with van der Waals surface area (Å²) in [6.07, 6.45) is 8.66. The van der Waals surface area contributed by atoms with Crippen LogP contribution in [0.25, 0.3) is 0 Å². The number of ether oxygens (including phenoxy) is 1. The summed E-state index contributed by atoms with van der Waals surface area (Å²) >= 11 is 0. The number of likely N-dealkylation sites (tertiary alicyclic amines) is 1. The highest BCUT2D eigenvalue weighted by atomic mass is 16.5. The Kier molecular flexibility index (Phi) is 4.44. The lowest BCUT2D eigenvalue weighted by Gasteiger charge is -2.38. The molecule has 2 aromatic rings. The third-order valence-corrected chi connectivity index (χ3v) is 3.64. The van der Waals surface area contributed by atoms with Crippen molar-refractivity contribution in [3.8, 4) is 18.1 Å². The first kappa shape index (κ1) is 14.9. The molecule has 0 bridgehead atoms. The minimum absolute atomic E-state index is 0.108. The fraction of sp³-hybridized carbons (Fsp3) is 0.222. The summed E-state index contributed by atoms with van der Waals surface area (Å²) in [5.41, 5.74) is 1.50. The molecule has 5 nitrogen and oxygen atoms in total. The number of pyridine rings is 1. The molecular formula is C18H17N3O2. The molecule has 1 fully saturated rings. The van der Waals surface area contributed by atoms with E-state index in [0.29, 0.717) is 31.3 Å². The molecule has 116 valence electrons. The van der Waals surface area contributed by atoms with Gasteiger partial charge in [0, 0.05) is 30.8 Å². The summed E-state index contributed by atoms with van der Waals surface area (Å²) in [6, 6.07) is 10.9. The molecule has 1 N–H and O–H groups in total. The monoisotopic (exact) mass is 307 g/mol. The van der Waals surface area contributed by atoms with Crippen LogP contribution < -0.4 is 10.1 Å². The van der Waals surface area contributed by atoms with E-state index in [0.717, 1.165) is 11.3 Å². The van der Waals surface area contributed by atoms with Crippen LogP contribution in [0.1, 0.15) is 5.56 Å². The van der Waals surface area contributed by atoms with E-state index in [4.69, 9.17) is 11.2 Å². The van der Waals surface area contributed by atoms with Gasteiger partial charge in [0.1, 0.15) is 5.75 Å². The molecule has 23 heavy (non-hydrogen) atoms. The quantitative estimate of drug-likeness (QED) is 0.883. The summed E-state index contributed by atoms with van der Waals surface area (Å²) < 4.78 is 5.73. The van der Waals surface area contributed by atoms with Gasteiger partial charge in [-0.25, -0.2) is 4.79 Å². The van der Waals surface area contributed by atoms with Crippen molar-refractivity contribution in [2.24, 2.45) is 5.92 Å². The molecule has 1 aromatic carbocycles. The third-order valence-electron chi connectivity index (χ3n) is 3.64. The molecular weight excluding hydrogens is 290 g/mol. The molecule has 1 aliphatic rings. The first-order valence-electron chi connectivity index (χ1n) is 7.40. The van der Waals surface area contributed by atoms with Crippen LogP contribution in [0.3, 0.4) is 0 Å². The molecule has 0 atom stereocenters. The van der Waals surface area contributed by atoms with Crippen LogP contribution in [-0.2, 0) is 0 Å². The molecule has 1 aromatic heterocycles. The number of benzene rings is 1. The van der Waals surface area contributed by atoms with E-state index >= 15 is 0 Å². The van der Waals surface area contributed by atoms with Crippen molar-refractivity contribution in [2.75, 3.05) is 25.0 Å². The Balaban J connectivity index is 1.42. The van der Waals surface area contributed by atoms with Gasteiger partial charge in [0.15, 0.2) is 0 Å². The van der Waals surface area contributed by atoms with Crippen LogP contribution >= 0.6 is 0 Å². The Hall–Kier alpha value is -3.00. The lowest BCUT2D eigenvalue weighted by atomic mass is 10.0. The molecule has 5 heteroatoms. The normalized spacial score (nSPS) is 13.8. The van der Waals surface area contributed by atoms with E-state index in [9.17, 15) is 4.79 Å². The fourth-order valence-corrected chi connectivity index (χ4v) is 2.37. The first-order chi connectivity index (χ1) is 11.2. The maximum atomic E-state index is 12.0. The van der Waals surface area contributed by atoms with Crippen molar-refractivity contribution in [2.45, 2.75) is 0 Å². The van der Waals surface area contributed by atoms with E-state index < -0.39 is 0 Å². The standard InChI is InChI=1S/C18H17N3O2/c1-2-14-5-3-7-17(9-14)23-13-15-11-21(12-15)18(22)20-16-6-4-8-19-10-16/h1,3-10,15H,11-13H2,(H,20,22). The number of amides is 2. The van der Waals surface area contributed by atoms with Crippen molar-refractivity contribution in [3.05, 3.63) is 54.4 Å². The number of nitrogens with one attached hydrogen (secondary N) is 1. The van der Waals surface area contributed by atoms with Gasteiger partial charge in [0.25, 0.3) is 0 Å². The predicted octanol–water partition coefficient (Wildman–Crippen LogP) is 2.61. The molecule has 1 aliphatic heterocycles. The van der Waals surface area contributed by atoms with Gasteiger partial charge >= 0.3 is 6.03 Å². The molecule has 0 unspecified atom stereocenters. The van der Waals surface area contributed by atoms with Crippen LogP contribution in [0.5, 0.6) is 5.75 Å². The van der Waals surface area contributed by atoms with Crippen LogP contribution in [0.4, 0.5) is 10.5 Å². The third kappa shape index (κ3) is 3.80. The minimum Gasteiger partial charge on any atom is -0.493 e. The smallest absolute Gasteiger partial charge is 0.321 e. The van der Waals surface area contributed by atoms with Gasteiger partial charge in [0.2, 0.25) is 0 Å². The number of carbonyl (C=O) groups excluding carboxylic acids is 1. The Morgan fingerprint density at radius 2 is 2.26 bits per heavy atom. The zero-order valence-electron chi connectivity index (χ0n) is 12.6. The lowest BCUT2D eigenvalue weighted by Crippen LogP contribution is -2.53. The zero-order chi connectivity index (χ0) is 16.1. The number of rotatable bonds is 4. The second-order valence-electron chi connectivity index (χ2n) is 5.43. The van der Waals surface area contributed by atoms with E-state index in [-0.39, 0.29) is 6.03 Å². The van der Waals surface area contributed by atoms with Crippen LogP contribution in [0, 0.1) is 18.3 Å². The number of aromatic nitrogens is 1. The number of hydrogen-bond acceptors (Lipinski definition) is 3. The summed E-state index contributed by atoms with van der Waals surface area (Å²) in [6.45, 7) is 1.94. The molecule has 0 aliphatic carbocycles. The molecule has 0 spiro atoms. The maximum absolute atomic E-state index is 12.0. The zero-order valence-corrected chi connectivity index (χ0v) is 12.6. The molecule has 1 saturated heterocycles. The number of anilines is 1. The molecule has 0 saturated carbocycles. The lowest BCUT2D eigenvalue weighted by molar-refractivity contribution is 0.0925. The number of carbonyl (C=O) groups is 1. The fourth-order valence-electron chi connectivity index (χ4n) is 2.37. The Labute approximate surface area is 135 Å². The highest BCUT2D eigenvalue weighted by molar-refractivity contribution is 5.89. The minimum atomic E-state index is -0.108. The molecule has 2 heterocycles. The van der Waals surface area contributed by atoms with Crippen molar-refractivity contribution in [1.82, 2.24) is 9.88 Å². The number of hydrogen-bond donors (Lipinski definition) is 1. The van der Waals surface area contributed by atoms with Crippen LogP contribution in [0.2, 0.25) is 0 Å². The van der Waals surface area contributed by atoms with E-state index in [2.05, 4.69) is 16.2 Å². The Bertz CT molecular complexity index is 719. The van der Waals surface area contributed by atoms with E-state index in [1.54, 1.807) is 23.4 Å². The topological polar surface area (TPSA) is 54.5 Å². The van der Waals surface area contributed by atoms with Gasteiger partial charge < -0.3 is 15.0 Å². The van der Waals surface area contributed by atoms with E-state index in [1.165, 1.54) is 0 Å². The van der Waals surface area contributed by atoms with Crippen molar-refractivity contribution >= 4 is 11.7 Å². The Morgan fingerprint density at radius 1 is 1.39 bits per heavy atom. The summed E-state index contributed by atoms with van der Waals surface area (Å²) in [5.74, 6) is 3.68. The first-order valence-corrected chi connectivity index (χ1v) is 7.40. The highest BCUT2D eigenvalue weighted by Crippen LogP contribution is 2.20. The van der Waals surface area contributed by atoms with Crippen LogP contribution in [-0.4, -0.2) is 35.6 Å². The summed E-state index contributed by atoms with van der Waals surface area (Å²) in [5, 5.41) is 2.81. The summed E-state index contributed by atoms with van der Waals surface area (Å²) in [7, 11) is 0. The van der Waals surface area contributed by atoms with Crippen molar-refractivity contribution in [1.29, 1.82) is 0 Å². The van der Waals surface area contributed by atoms with E-state index in [1.807, 2.05) is 30.3 Å². The van der Waals surface area contributed by atoms with Gasteiger partial charge in [-0.15, -0.1) is 6.42 Å². The van der Waals surface area contributed by atoms with Gasteiger partial charge in [-0.2, -0.15) is 0 Å². The summed E-state index contributed by atoms with van der Waals surface area (Å²) in [4.78, 5) is 17.7. The molecule has 0 radical (unpaired) electrons. The van der Waals surface area contributed by atoms with Gasteiger partial charge in [0.05, 0.1) is 18.5 Å². The number of nitrogens with zero attached hydrogens (tertiary/aromatic N) is 2. The largest absolute Gasteiger partial charge is 0.493 e. The van der Waals surface area contributed by atoms with Gasteiger partial charge in [-0.1, -0.05) is 12.0 Å². The van der Waals surface area contributed by atoms with Crippen molar-refractivity contribution in [3.63, 3.8) is 0 Å². The number of urea groups is 1. The second-order valence-corrected chi connectivity index (χ2v) is 5.43. The predicted molar refractivity (Wildman–Crippen MR) is 88.2 cm³/mol. The highest BCUT2D eigenvalue weighted by Gasteiger charge is 2.31.